The molecule has 0 heterocycles. The Hall–Kier alpha value is -0.0900. The Kier molecular flexibility index (Phi) is 3.12. The van der Waals surface area contributed by atoms with Crippen LogP contribution in [-0.2, 0) is 5.41 Å². The molecule has 1 nitrogen and oxygen atoms in total. The van der Waals surface area contributed by atoms with E-state index in [1.807, 2.05) is 19.9 Å². The second-order valence-corrected chi connectivity index (χ2v) is 4.80. The molecule has 0 radical (unpaired) electrons. The average Bonchev–Trinajstić information content (AvgIpc) is 2.05. The number of hydrogen-bond acceptors (Lipinski definition) is 1. The van der Waals surface area contributed by atoms with Gasteiger partial charge >= 0.3 is 0 Å². The Morgan fingerprint density at radius 3 is 2.58 bits per heavy atom. The van der Waals surface area contributed by atoms with Gasteiger partial charge in [-0.2, -0.15) is 0 Å². The molecular weight excluding hydrogens is 263 g/mol. The smallest absolute Gasteiger partial charge is 0.0522 e. The van der Waals surface area contributed by atoms with E-state index in [-0.39, 0.29) is 12.0 Å². The minimum Gasteiger partial charge on any atom is -0.395 e. The van der Waals surface area contributed by atoms with Gasteiger partial charge in [-0.3, -0.25) is 0 Å². The highest BCUT2D eigenvalue weighted by Gasteiger charge is 2.18. The van der Waals surface area contributed by atoms with Gasteiger partial charge < -0.3 is 5.11 Å². The SMILES string of the molecule is CC(C)(CO)c1cccc(I)c1. The van der Waals surface area contributed by atoms with Gasteiger partial charge in [0.05, 0.1) is 6.61 Å². The molecular formula is C10H13IO. The summed E-state index contributed by atoms with van der Waals surface area (Å²) in [4.78, 5) is 0. The fourth-order valence-corrected chi connectivity index (χ4v) is 1.54. The molecule has 0 bridgehead atoms. The summed E-state index contributed by atoms with van der Waals surface area (Å²) in [5, 5.41) is 9.14. The summed E-state index contributed by atoms with van der Waals surface area (Å²) in [6.45, 7) is 4.27. The summed E-state index contributed by atoms with van der Waals surface area (Å²) >= 11 is 2.28. The van der Waals surface area contributed by atoms with Crippen LogP contribution in [-0.4, -0.2) is 11.7 Å². The molecule has 0 amide bonds. The molecule has 0 aliphatic rings. The molecule has 0 aliphatic heterocycles. The first-order valence-electron chi connectivity index (χ1n) is 3.93. The maximum absolute atomic E-state index is 9.14. The molecule has 0 aliphatic carbocycles. The van der Waals surface area contributed by atoms with E-state index in [1.165, 1.54) is 9.13 Å². The van der Waals surface area contributed by atoms with Crippen LogP contribution in [0.2, 0.25) is 0 Å². The zero-order chi connectivity index (χ0) is 9.19. The second kappa shape index (κ2) is 3.75. The Morgan fingerprint density at radius 1 is 1.42 bits per heavy atom. The van der Waals surface area contributed by atoms with E-state index in [4.69, 9.17) is 5.11 Å². The Morgan fingerprint density at radius 2 is 2.08 bits per heavy atom. The molecule has 0 atom stereocenters. The zero-order valence-electron chi connectivity index (χ0n) is 7.34. The quantitative estimate of drug-likeness (QED) is 0.823. The lowest BCUT2D eigenvalue weighted by molar-refractivity contribution is 0.218. The Bertz CT molecular complexity index is 268. The van der Waals surface area contributed by atoms with Crippen molar-refractivity contribution in [1.82, 2.24) is 0 Å². The minimum absolute atomic E-state index is 0.124. The molecule has 0 fully saturated rings. The van der Waals surface area contributed by atoms with Crippen LogP contribution in [0, 0.1) is 3.57 Å². The van der Waals surface area contributed by atoms with Crippen LogP contribution in [0.3, 0.4) is 0 Å². The number of aliphatic hydroxyl groups excluding tert-OH is 1. The maximum Gasteiger partial charge on any atom is 0.0522 e. The molecule has 1 aromatic carbocycles. The van der Waals surface area contributed by atoms with E-state index in [9.17, 15) is 0 Å². The molecule has 1 N–H and O–H groups in total. The third kappa shape index (κ3) is 2.20. The molecule has 0 unspecified atom stereocenters. The molecule has 0 spiro atoms. The van der Waals surface area contributed by atoms with E-state index >= 15 is 0 Å². The van der Waals surface area contributed by atoms with Gasteiger partial charge in [-0.1, -0.05) is 26.0 Å². The van der Waals surface area contributed by atoms with Gasteiger partial charge in [0.15, 0.2) is 0 Å². The summed E-state index contributed by atoms with van der Waals surface area (Å²) in [5.41, 5.74) is 1.07. The highest BCUT2D eigenvalue weighted by atomic mass is 127. The molecule has 1 aromatic rings. The summed E-state index contributed by atoms with van der Waals surface area (Å²) in [5.74, 6) is 0. The van der Waals surface area contributed by atoms with Crippen LogP contribution >= 0.6 is 22.6 Å². The molecule has 66 valence electrons. The van der Waals surface area contributed by atoms with Gasteiger partial charge in [0.25, 0.3) is 0 Å². The zero-order valence-corrected chi connectivity index (χ0v) is 9.50. The van der Waals surface area contributed by atoms with Crippen molar-refractivity contribution in [2.24, 2.45) is 0 Å². The van der Waals surface area contributed by atoms with Crippen LogP contribution in [0.1, 0.15) is 19.4 Å². The molecule has 1 rings (SSSR count). The lowest BCUT2D eigenvalue weighted by Gasteiger charge is -2.22. The van der Waals surface area contributed by atoms with E-state index in [0.717, 1.165) is 0 Å². The molecule has 0 saturated carbocycles. The molecule has 0 saturated heterocycles. The number of hydrogen-bond donors (Lipinski definition) is 1. The first kappa shape index (κ1) is 9.99. The van der Waals surface area contributed by atoms with E-state index in [1.54, 1.807) is 0 Å². The van der Waals surface area contributed by atoms with Crippen molar-refractivity contribution in [3.63, 3.8) is 0 Å². The van der Waals surface area contributed by atoms with Gasteiger partial charge in [0, 0.05) is 8.99 Å². The third-order valence-electron chi connectivity index (χ3n) is 2.00. The van der Waals surface area contributed by atoms with Crippen LogP contribution in [0.4, 0.5) is 0 Å². The minimum atomic E-state index is -0.124. The predicted molar refractivity (Wildman–Crippen MR) is 59.3 cm³/mol. The highest BCUT2D eigenvalue weighted by molar-refractivity contribution is 14.1. The second-order valence-electron chi connectivity index (χ2n) is 3.55. The summed E-state index contributed by atoms with van der Waals surface area (Å²) in [6, 6.07) is 8.24. The van der Waals surface area contributed by atoms with Gasteiger partial charge in [0.2, 0.25) is 0 Å². The summed E-state index contributed by atoms with van der Waals surface area (Å²) in [6.07, 6.45) is 0. The lowest BCUT2D eigenvalue weighted by atomic mass is 9.86. The third-order valence-corrected chi connectivity index (χ3v) is 2.67. The summed E-state index contributed by atoms with van der Waals surface area (Å²) in [7, 11) is 0. The number of rotatable bonds is 2. The van der Waals surface area contributed by atoms with Gasteiger partial charge in [-0.05, 0) is 40.3 Å². The first-order chi connectivity index (χ1) is 5.56. The van der Waals surface area contributed by atoms with Crippen molar-refractivity contribution in [3.8, 4) is 0 Å². The van der Waals surface area contributed by atoms with Gasteiger partial charge in [-0.15, -0.1) is 0 Å². The topological polar surface area (TPSA) is 20.2 Å². The van der Waals surface area contributed by atoms with Gasteiger partial charge in [-0.25, -0.2) is 0 Å². The number of aliphatic hydroxyl groups is 1. The summed E-state index contributed by atoms with van der Waals surface area (Å²) < 4.78 is 1.21. The highest BCUT2D eigenvalue weighted by Crippen LogP contribution is 2.23. The van der Waals surface area contributed by atoms with Crippen LogP contribution in [0.25, 0.3) is 0 Å². The van der Waals surface area contributed by atoms with E-state index < -0.39 is 0 Å². The maximum atomic E-state index is 9.14. The van der Waals surface area contributed by atoms with Crippen LogP contribution in [0.15, 0.2) is 24.3 Å². The van der Waals surface area contributed by atoms with Crippen molar-refractivity contribution in [3.05, 3.63) is 33.4 Å². The first-order valence-corrected chi connectivity index (χ1v) is 5.01. The average molecular weight is 276 g/mol. The van der Waals surface area contributed by atoms with Crippen molar-refractivity contribution in [1.29, 1.82) is 0 Å². The Labute approximate surface area is 86.9 Å². The van der Waals surface area contributed by atoms with E-state index in [0.29, 0.717) is 0 Å². The standard InChI is InChI=1S/C10H13IO/c1-10(2,7-12)8-4-3-5-9(11)6-8/h3-6,12H,7H2,1-2H3. The number of halogens is 1. The predicted octanol–water partition coefficient (Wildman–Crippen LogP) is 2.56. The van der Waals surface area contributed by atoms with Crippen molar-refractivity contribution >= 4 is 22.6 Å². The molecule has 2 heteroatoms. The fraction of sp³-hybridized carbons (Fsp3) is 0.400. The normalized spacial score (nSPS) is 11.7. The number of benzene rings is 1. The largest absolute Gasteiger partial charge is 0.395 e. The molecule has 0 aromatic heterocycles. The molecule has 12 heavy (non-hydrogen) atoms. The van der Waals surface area contributed by atoms with Crippen LogP contribution < -0.4 is 0 Å². The van der Waals surface area contributed by atoms with E-state index in [2.05, 4.69) is 40.8 Å². The lowest BCUT2D eigenvalue weighted by Crippen LogP contribution is -2.21. The van der Waals surface area contributed by atoms with Gasteiger partial charge in [0.1, 0.15) is 0 Å². The fourth-order valence-electron chi connectivity index (χ4n) is 1.00. The monoisotopic (exact) mass is 276 g/mol. The van der Waals surface area contributed by atoms with Crippen molar-refractivity contribution < 1.29 is 5.11 Å². The van der Waals surface area contributed by atoms with Crippen molar-refractivity contribution in [2.45, 2.75) is 19.3 Å². The van der Waals surface area contributed by atoms with Crippen molar-refractivity contribution in [2.75, 3.05) is 6.61 Å². The Balaban J connectivity index is 3.03. The van der Waals surface area contributed by atoms with Crippen LogP contribution in [0.5, 0.6) is 0 Å².